The van der Waals surface area contributed by atoms with E-state index in [1.54, 1.807) is 26.4 Å². The van der Waals surface area contributed by atoms with Crippen molar-refractivity contribution in [3.8, 4) is 11.5 Å². The van der Waals surface area contributed by atoms with E-state index in [-0.39, 0.29) is 17.1 Å². The minimum Gasteiger partial charge on any atom is -0.497 e. The van der Waals surface area contributed by atoms with Crippen LogP contribution in [0.5, 0.6) is 11.5 Å². The number of piperidine rings is 1. The molecule has 176 valence electrons. The fourth-order valence-corrected chi connectivity index (χ4v) is 5.72. The molecule has 0 atom stereocenters. The van der Waals surface area contributed by atoms with E-state index in [4.69, 9.17) is 21.7 Å². The maximum atomic E-state index is 12.9. The SMILES string of the molecule is COc1cc(NC(=S)N2CCC3(CCN(C(=O)c4ccc(C(C)=O)s4)CC3)C2)cc(OC)c1. The lowest BCUT2D eigenvalue weighted by Gasteiger charge is -2.39. The standard InChI is InChI=1S/C24H29N3O4S2/c1-16(28)20-4-5-21(33-20)22(29)26-9-6-24(7-10-26)8-11-27(15-24)23(32)25-17-12-18(30-2)14-19(13-17)31-3/h4-5,12-14H,6-11,15H2,1-3H3,(H,25,32). The number of anilines is 1. The van der Waals surface area contributed by atoms with Crippen molar-refractivity contribution in [1.29, 1.82) is 0 Å². The highest BCUT2D eigenvalue weighted by atomic mass is 32.1. The summed E-state index contributed by atoms with van der Waals surface area (Å²) in [5, 5.41) is 4.01. The average Bonchev–Trinajstić information content (AvgIpc) is 3.47. The van der Waals surface area contributed by atoms with E-state index in [0.717, 1.165) is 51.1 Å². The van der Waals surface area contributed by atoms with Gasteiger partial charge in [0.05, 0.1) is 24.0 Å². The zero-order valence-corrected chi connectivity index (χ0v) is 20.8. The number of carbonyl (C=O) groups excluding carboxylic acids is 2. The summed E-state index contributed by atoms with van der Waals surface area (Å²) in [5.41, 5.74) is 1.01. The Kier molecular flexibility index (Phi) is 6.90. The molecule has 0 unspecified atom stereocenters. The molecule has 1 spiro atoms. The first-order valence-electron chi connectivity index (χ1n) is 11.0. The quantitative estimate of drug-likeness (QED) is 0.498. The van der Waals surface area contributed by atoms with Crippen LogP contribution in [0.1, 0.15) is 45.5 Å². The van der Waals surface area contributed by atoms with Gasteiger partial charge in [0.2, 0.25) is 0 Å². The summed E-state index contributed by atoms with van der Waals surface area (Å²) in [4.78, 5) is 29.8. The van der Waals surface area contributed by atoms with Gasteiger partial charge in [0.1, 0.15) is 11.5 Å². The van der Waals surface area contributed by atoms with Gasteiger partial charge in [-0.15, -0.1) is 11.3 Å². The monoisotopic (exact) mass is 487 g/mol. The molecule has 1 N–H and O–H groups in total. The molecule has 4 rings (SSSR count). The van der Waals surface area contributed by atoms with Crippen LogP contribution in [0.25, 0.3) is 0 Å². The zero-order chi connectivity index (χ0) is 23.6. The van der Waals surface area contributed by atoms with Crippen LogP contribution in [0.15, 0.2) is 30.3 Å². The summed E-state index contributed by atoms with van der Waals surface area (Å²) in [7, 11) is 3.25. The molecule has 2 aliphatic rings. The van der Waals surface area contributed by atoms with E-state index in [1.807, 2.05) is 23.1 Å². The van der Waals surface area contributed by atoms with Crippen LogP contribution < -0.4 is 14.8 Å². The molecule has 1 aromatic heterocycles. The number of ketones is 1. The Morgan fingerprint density at radius 2 is 1.55 bits per heavy atom. The van der Waals surface area contributed by atoms with Crippen LogP contribution in [-0.2, 0) is 0 Å². The minimum atomic E-state index is -0.000312. The number of ether oxygens (including phenoxy) is 2. The molecular weight excluding hydrogens is 458 g/mol. The second kappa shape index (κ2) is 9.69. The summed E-state index contributed by atoms with van der Waals surface area (Å²) < 4.78 is 10.7. The average molecular weight is 488 g/mol. The molecule has 2 aliphatic heterocycles. The van der Waals surface area contributed by atoms with Crippen LogP contribution >= 0.6 is 23.6 Å². The Bertz CT molecular complexity index is 1040. The van der Waals surface area contributed by atoms with E-state index in [2.05, 4.69) is 10.2 Å². The molecule has 0 aliphatic carbocycles. The molecule has 7 nitrogen and oxygen atoms in total. The van der Waals surface area contributed by atoms with Crippen molar-refractivity contribution in [3.05, 3.63) is 40.1 Å². The van der Waals surface area contributed by atoms with Gasteiger partial charge < -0.3 is 24.6 Å². The molecule has 33 heavy (non-hydrogen) atoms. The van der Waals surface area contributed by atoms with E-state index in [0.29, 0.717) is 26.4 Å². The van der Waals surface area contributed by atoms with E-state index in [9.17, 15) is 9.59 Å². The van der Waals surface area contributed by atoms with Crippen molar-refractivity contribution in [3.63, 3.8) is 0 Å². The van der Waals surface area contributed by atoms with Crippen molar-refractivity contribution < 1.29 is 19.1 Å². The Labute approximate surface area is 203 Å². The van der Waals surface area contributed by atoms with Crippen LogP contribution in [0, 0.1) is 5.41 Å². The Balaban J connectivity index is 1.34. The number of Topliss-reactive ketones (excluding diaryl/α,β-unsaturated/α-hetero) is 1. The second-order valence-electron chi connectivity index (χ2n) is 8.72. The molecule has 1 aromatic carbocycles. The first-order valence-corrected chi connectivity index (χ1v) is 12.2. The Hall–Kier alpha value is -2.65. The molecule has 2 aromatic rings. The fraction of sp³-hybridized carbons (Fsp3) is 0.458. The van der Waals surface area contributed by atoms with E-state index in [1.165, 1.54) is 18.3 Å². The molecule has 2 saturated heterocycles. The number of likely N-dealkylation sites (tertiary alicyclic amines) is 2. The number of thiophene rings is 1. The third-order valence-electron chi connectivity index (χ3n) is 6.60. The van der Waals surface area contributed by atoms with Gasteiger partial charge in [0.25, 0.3) is 5.91 Å². The van der Waals surface area contributed by atoms with E-state index >= 15 is 0 Å². The van der Waals surface area contributed by atoms with E-state index < -0.39 is 0 Å². The molecule has 0 bridgehead atoms. The largest absolute Gasteiger partial charge is 0.497 e. The predicted octanol–water partition coefficient (Wildman–Crippen LogP) is 4.29. The normalized spacial score (nSPS) is 17.2. The van der Waals surface area contributed by atoms with Crippen LogP contribution in [0.2, 0.25) is 0 Å². The van der Waals surface area contributed by atoms with Crippen LogP contribution in [-0.4, -0.2) is 67.0 Å². The molecule has 9 heteroatoms. The fourth-order valence-electron chi connectivity index (χ4n) is 4.58. The third kappa shape index (κ3) is 5.14. The smallest absolute Gasteiger partial charge is 0.263 e. The van der Waals surface area contributed by atoms with Crippen LogP contribution in [0.4, 0.5) is 5.69 Å². The number of hydrogen-bond donors (Lipinski definition) is 1. The topological polar surface area (TPSA) is 71.1 Å². The first kappa shape index (κ1) is 23.5. The highest BCUT2D eigenvalue weighted by Crippen LogP contribution is 2.41. The first-order chi connectivity index (χ1) is 15.8. The summed E-state index contributed by atoms with van der Waals surface area (Å²) in [6.07, 6.45) is 2.97. The van der Waals surface area contributed by atoms with Gasteiger partial charge in [0, 0.05) is 50.1 Å². The highest BCUT2D eigenvalue weighted by molar-refractivity contribution is 7.80. The van der Waals surface area contributed by atoms with Gasteiger partial charge in [0.15, 0.2) is 10.9 Å². The van der Waals surface area contributed by atoms with Gasteiger partial charge in [-0.05, 0) is 56.0 Å². The van der Waals surface area contributed by atoms with Crippen molar-refractivity contribution in [2.24, 2.45) is 5.41 Å². The van der Waals surface area contributed by atoms with Gasteiger partial charge in [-0.2, -0.15) is 0 Å². The summed E-state index contributed by atoms with van der Waals surface area (Å²) in [6, 6.07) is 9.13. The lowest BCUT2D eigenvalue weighted by Crippen LogP contribution is -2.44. The summed E-state index contributed by atoms with van der Waals surface area (Å²) >= 11 is 6.99. The minimum absolute atomic E-state index is 0.000312. The lowest BCUT2D eigenvalue weighted by atomic mass is 9.78. The second-order valence-corrected chi connectivity index (χ2v) is 10.2. The maximum Gasteiger partial charge on any atom is 0.263 e. The number of rotatable bonds is 5. The number of carbonyl (C=O) groups is 2. The Morgan fingerprint density at radius 3 is 2.09 bits per heavy atom. The number of amides is 1. The summed E-state index contributed by atoms with van der Waals surface area (Å²) in [5.74, 6) is 1.44. The molecule has 2 fully saturated rings. The number of methoxy groups -OCH3 is 2. The van der Waals surface area contributed by atoms with Gasteiger partial charge in [-0.3, -0.25) is 9.59 Å². The van der Waals surface area contributed by atoms with Crippen molar-refractivity contribution >= 4 is 46.0 Å². The zero-order valence-electron chi connectivity index (χ0n) is 19.2. The number of nitrogens with zero attached hydrogens (tertiary/aromatic N) is 2. The predicted molar refractivity (Wildman–Crippen MR) is 134 cm³/mol. The van der Waals surface area contributed by atoms with Crippen molar-refractivity contribution in [1.82, 2.24) is 9.80 Å². The van der Waals surface area contributed by atoms with Gasteiger partial charge >= 0.3 is 0 Å². The number of thiocarbonyl (C=S) groups is 1. The maximum absolute atomic E-state index is 12.9. The molecular formula is C24H29N3O4S2. The Morgan fingerprint density at radius 1 is 0.970 bits per heavy atom. The van der Waals surface area contributed by atoms with Crippen LogP contribution in [0.3, 0.4) is 0 Å². The van der Waals surface area contributed by atoms with Crippen molar-refractivity contribution in [2.75, 3.05) is 45.7 Å². The van der Waals surface area contributed by atoms with Crippen molar-refractivity contribution in [2.45, 2.75) is 26.2 Å². The van der Waals surface area contributed by atoms with Gasteiger partial charge in [-0.25, -0.2) is 0 Å². The lowest BCUT2D eigenvalue weighted by molar-refractivity contribution is 0.0603. The number of hydrogen-bond acceptors (Lipinski definition) is 6. The molecule has 0 saturated carbocycles. The molecule has 3 heterocycles. The van der Waals surface area contributed by atoms with Gasteiger partial charge in [-0.1, -0.05) is 0 Å². The number of nitrogens with one attached hydrogen (secondary N) is 1. The third-order valence-corrected chi connectivity index (χ3v) is 8.14. The molecule has 0 radical (unpaired) electrons. The highest BCUT2D eigenvalue weighted by Gasteiger charge is 2.42. The number of benzene rings is 1. The summed E-state index contributed by atoms with van der Waals surface area (Å²) in [6.45, 7) is 4.77. The molecule has 1 amide bonds.